The van der Waals surface area contributed by atoms with E-state index in [1.54, 1.807) is 37.3 Å². The fraction of sp³-hybridized carbons (Fsp3) is 0.400. The molecule has 1 N–H and O–H groups in total. The fourth-order valence-corrected chi connectivity index (χ4v) is 6.11. The van der Waals surface area contributed by atoms with Crippen LogP contribution in [0.25, 0.3) is 0 Å². The minimum absolute atomic E-state index is 0.0543. The monoisotopic (exact) mass is 453 g/mol. The van der Waals surface area contributed by atoms with Gasteiger partial charge in [0.05, 0.1) is 18.0 Å². The molecule has 1 aliphatic rings. The van der Waals surface area contributed by atoms with Gasteiger partial charge in [0.2, 0.25) is 10.0 Å². The zero-order valence-corrected chi connectivity index (χ0v) is 19.0. The number of anilines is 3. The van der Waals surface area contributed by atoms with Crippen LogP contribution in [0.5, 0.6) is 5.75 Å². The van der Waals surface area contributed by atoms with Crippen molar-refractivity contribution in [3.8, 4) is 5.75 Å². The summed E-state index contributed by atoms with van der Waals surface area (Å²) in [4.78, 5) is 1.81. The summed E-state index contributed by atoms with van der Waals surface area (Å²) < 4.78 is 60.5. The molecule has 0 aliphatic carbocycles. The van der Waals surface area contributed by atoms with Crippen LogP contribution in [0.1, 0.15) is 19.8 Å². The Hall–Kier alpha value is -2.46. The molecule has 0 unspecified atom stereocenters. The molecule has 2 aromatic carbocycles. The number of ether oxygens (including phenoxy) is 1. The predicted molar refractivity (Wildman–Crippen MR) is 120 cm³/mol. The van der Waals surface area contributed by atoms with Crippen molar-refractivity contribution in [2.75, 3.05) is 46.9 Å². The number of benzene rings is 2. The summed E-state index contributed by atoms with van der Waals surface area (Å²) in [5.74, 6) is 0.228. The summed E-state index contributed by atoms with van der Waals surface area (Å²) >= 11 is 0. The third-order valence-electron chi connectivity index (χ3n) is 4.79. The zero-order chi connectivity index (χ0) is 21.9. The van der Waals surface area contributed by atoms with Gasteiger partial charge in [0.1, 0.15) is 10.6 Å². The molecule has 0 bridgehead atoms. The van der Waals surface area contributed by atoms with Gasteiger partial charge in [-0.3, -0.25) is 9.03 Å². The van der Waals surface area contributed by atoms with Crippen LogP contribution in [-0.4, -0.2) is 49.8 Å². The number of nitrogens with zero attached hydrogens (tertiary/aromatic N) is 2. The van der Waals surface area contributed by atoms with Crippen LogP contribution in [-0.2, 0) is 20.0 Å². The van der Waals surface area contributed by atoms with Crippen molar-refractivity contribution in [1.82, 2.24) is 0 Å². The van der Waals surface area contributed by atoms with Gasteiger partial charge < -0.3 is 9.64 Å². The van der Waals surface area contributed by atoms with E-state index in [-0.39, 0.29) is 23.0 Å². The molecule has 0 atom stereocenters. The van der Waals surface area contributed by atoms with Crippen molar-refractivity contribution in [3.63, 3.8) is 0 Å². The summed E-state index contributed by atoms with van der Waals surface area (Å²) in [6.07, 6.45) is 1.33. The maximum Gasteiger partial charge on any atom is 0.265 e. The Balaban J connectivity index is 1.98. The van der Waals surface area contributed by atoms with E-state index in [1.807, 2.05) is 19.0 Å². The minimum Gasteiger partial charge on any atom is -0.492 e. The number of rotatable bonds is 7. The molecule has 1 aliphatic heterocycles. The van der Waals surface area contributed by atoms with Crippen molar-refractivity contribution >= 4 is 37.1 Å². The molecule has 30 heavy (non-hydrogen) atoms. The molecule has 8 nitrogen and oxygen atoms in total. The Morgan fingerprint density at radius 1 is 1.10 bits per heavy atom. The molecule has 3 rings (SSSR count). The summed E-state index contributed by atoms with van der Waals surface area (Å²) in [5.41, 5.74) is 1.66. The van der Waals surface area contributed by atoms with Crippen molar-refractivity contribution in [1.29, 1.82) is 0 Å². The average molecular weight is 454 g/mol. The second-order valence-corrected chi connectivity index (χ2v) is 10.9. The largest absolute Gasteiger partial charge is 0.492 e. The first-order valence-electron chi connectivity index (χ1n) is 9.71. The normalized spacial score (nSPS) is 16.2. The van der Waals surface area contributed by atoms with Crippen molar-refractivity contribution in [3.05, 3.63) is 42.5 Å². The fourth-order valence-electron chi connectivity index (χ4n) is 3.25. The maximum atomic E-state index is 13.1. The first kappa shape index (κ1) is 22.2. The molecule has 0 amide bonds. The molecule has 0 spiro atoms. The molecule has 2 aromatic rings. The molecule has 0 saturated carbocycles. The van der Waals surface area contributed by atoms with Gasteiger partial charge in [-0.25, -0.2) is 16.8 Å². The SMILES string of the molecule is CCOc1ccc(N2CCCCS2(=O)=O)cc1S(=O)(=O)Nc1ccc(N(C)C)cc1. The quantitative estimate of drug-likeness (QED) is 0.693. The number of hydrogen-bond donors (Lipinski definition) is 1. The molecule has 1 fully saturated rings. The van der Waals surface area contributed by atoms with Gasteiger partial charge in [-0.2, -0.15) is 0 Å². The Kier molecular flexibility index (Phi) is 6.47. The van der Waals surface area contributed by atoms with Crippen molar-refractivity contribution in [2.45, 2.75) is 24.7 Å². The van der Waals surface area contributed by atoms with Crippen LogP contribution < -0.4 is 18.7 Å². The molecular formula is C20H27N3O5S2. The van der Waals surface area contributed by atoms with Crippen LogP contribution >= 0.6 is 0 Å². The van der Waals surface area contributed by atoms with Crippen molar-refractivity contribution < 1.29 is 21.6 Å². The summed E-state index contributed by atoms with van der Waals surface area (Å²) in [6, 6.07) is 11.4. The summed E-state index contributed by atoms with van der Waals surface area (Å²) in [6.45, 7) is 2.36. The van der Waals surface area contributed by atoms with E-state index in [0.29, 0.717) is 24.3 Å². The van der Waals surface area contributed by atoms with E-state index in [0.717, 1.165) is 12.1 Å². The highest BCUT2D eigenvalue weighted by atomic mass is 32.2. The van der Waals surface area contributed by atoms with E-state index in [4.69, 9.17) is 4.74 Å². The average Bonchev–Trinajstić information content (AvgIpc) is 2.68. The standard InChI is InChI=1S/C20H27N3O5S2/c1-4-28-19-12-11-18(23-13-5-6-14-29(23,24)25)15-20(19)30(26,27)21-16-7-9-17(10-8-16)22(2)3/h7-12,15,21H,4-6,13-14H2,1-3H3. The Morgan fingerprint density at radius 3 is 2.40 bits per heavy atom. The lowest BCUT2D eigenvalue weighted by Gasteiger charge is -2.29. The lowest BCUT2D eigenvalue weighted by Crippen LogP contribution is -2.37. The molecule has 164 valence electrons. The van der Waals surface area contributed by atoms with Crippen LogP contribution in [0.3, 0.4) is 0 Å². The van der Waals surface area contributed by atoms with Gasteiger partial charge in [0, 0.05) is 32.0 Å². The van der Waals surface area contributed by atoms with E-state index in [9.17, 15) is 16.8 Å². The highest BCUT2D eigenvalue weighted by molar-refractivity contribution is 7.93. The van der Waals surface area contributed by atoms with Crippen LogP contribution in [0, 0.1) is 0 Å². The van der Waals surface area contributed by atoms with E-state index in [1.165, 1.54) is 16.4 Å². The van der Waals surface area contributed by atoms with Gasteiger partial charge in [-0.15, -0.1) is 0 Å². The predicted octanol–water partition coefficient (Wildman–Crippen LogP) is 2.88. The maximum absolute atomic E-state index is 13.1. The van der Waals surface area contributed by atoms with Crippen LogP contribution in [0.2, 0.25) is 0 Å². The first-order chi connectivity index (χ1) is 14.1. The number of sulfonamides is 2. The van der Waals surface area contributed by atoms with E-state index >= 15 is 0 Å². The van der Waals surface area contributed by atoms with Crippen molar-refractivity contribution in [2.24, 2.45) is 0 Å². The summed E-state index contributed by atoms with van der Waals surface area (Å²) in [5, 5.41) is 0. The van der Waals surface area contributed by atoms with Gasteiger partial charge in [0.15, 0.2) is 0 Å². The minimum atomic E-state index is -4.01. The first-order valence-corrected chi connectivity index (χ1v) is 12.8. The molecule has 0 aromatic heterocycles. The van der Waals surface area contributed by atoms with Crippen LogP contribution in [0.4, 0.5) is 17.1 Å². The molecule has 10 heteroatoms. The lowest BCUT2D eigenvalue weighted by atomic mass is 10.2. The third-order valence-corrected chi connectivity index (χ3v) is 8.06. The highest BCUT2D eigenvalue weighted by Crippen LogP contribution is 2.33. The Morgan fingerprint density at radius 2 is 1.80 bits per heavy atom. The topological polar surface area (TPSA) is 96.0 Å². The molecule has 1 heterocycles. The second-order valence-electron chi connectivity index (χ2n) is 7.21. The lowest BCUT2D eigenvalue weighted by molar-refractivity contribution is 0.331. The number of nitrogens with one attached hydrogen (secondary N) is 1. The number of hydrogen-bond acceptors (Lipinski definition) is 6. The van der Waals surface area contributed by atoms with E-state index in [2.05, 4.69) is 4.72 Å². The van der Waals surface area contributed by atoms with Gasteiger partial charge in [-0.1, -0.05) is 0 Å². The summed E-state index contributed by atoms with van der Waals surface area (Å²) in [7, 11) is -3.68. The smallest absolute Gasteiger partial charge is 0.265 e. The highest BCUT2D eigenvalue weighted by Gasteiger charge is 2.29. The Bertz CT molecular complexity index is 1100. The van der Waals surface area contributed by atoms with Crippen LogP contribution in [0.15, 0.2) is 47.4 Å². The second kappa shape index (κ2) is 8.73. The van der Waals surface area contributed by atoms with Gasteiger partial charge in [0.25, 0.3) is 10.0 Å². The van der Waals surface area contributed by atoms with Gasteiger partial charge in [-0.05, 0) is 62.2 Å². The molecular weight excluding hydrogens is 426 g/mol. The molecule has 0 radical (unpaired) electrons. The van der Waals surface area contributed by atoms with Gasteiger partial charge >= 0.3 is 0 Å². The van der Waals surface area contributed by atoms with E-state index < -0.39 is 20.0 Å². The zero-order valence-electron chi connectivity index (χ0n) is 17.3. The Labute approximate surface area is 178 Å². The third kappa shape index (κ3) is 4.81. The molecule has 1 saturated heterocycles.